The highest BCUT2D eigenvalue weighted by molar-refractivity contribution is 5.81. The molecule has 3 rings (SSSR count). The van der Waals surface area contributed by atoms with Crippen molar-refractivity contribution in [3.8, 4) is 0 Å². The molecule has 1 fully saturated rings. The summed E-state index contributed by atoms with van der Waals surface area (Å²) in [4.78, 5) is 12.1. The molecule has 2 aromatic heterocycles. The number of hydrogen-bond donors (Lipinski definition) is 4. The number of hydrogen-bond acceptors (Lipinski definition) is 7. The van der Waals surface area contributed by atoms with Gasteiger partial charge in [-0.25, -0.2) is 15.0 Å². The van der Waals surface area contributed by atoms with E-state index in [1.807, 2.05) is 0 Å². The Labute approximate surface area is 108 Å². The van der Waals surface area contributed by atoms with Gasteiger partial charge in [0.2, 0.25) is 0 Å². The van der Waals surface area contributed by atoms with E-state index in [4.69, 9.17) is 5.73 Å². The van der Waals surface area contributed by atoms with E-state index in [0.29, 0.717) is 17.6 Å². The fourth-order valence-electron chi connectivity index (χ4n) is 2.67. The number of anilines is 1. The van der Waals surface area contributed by atoms with Crippen molar-refractivity contribution in [3.63, 3.8) is 0 Å². The van der Waals surface area contributed by atoms with E-state index in [-0.39, 0.29) is 24.4 Å². The Balaban J connectivity index is 2.04. The molecule has 0 spiro atoms. The zero-order valence-electron chi connectivity index (χ0n) is 10.1. The van der Waals surface area contributed by atoms with E-state index < -0.39 is 12.2 Å². The second kappa shape index (κ2) is 4.41. The maximum Gasteiger partial charge on any atom is 0.165 e. The topological polar surface area (TPSA) is 130 Å². The summed E-state index contributed by atoms with van der Waals surface area (Å²) in [6.07, 6.45) is 1.39. The van der Waals surface area contributed by atoms with Crippen LogP contribution in [0.2, 0.25) is 0 Å². The molecule has 0 aliphatic heterocycles. The fraction of sp³-hybridized carbons (Fsp3) is 0.545. The van der Waals surface area contributed by atoms with Gasteiger partial charge in [0.25, 0.3) is 0 Å². The van der Waals surface area contributed by atoms with Gasteiger partial charge < -0.3 is 25.6 Å². The smallest absolute Gasteiger partial charge is 0.165 e. The minimum absolute atomic E-state index is 0.168. The monoisotopic (exact) mass is 265 g/mol. The third-order valence-corrected chi connectivity index (χ3v) is 3.75. The lowest BCUT2D eigenvalue weighted by Gasteiger charge is -2.18. The van der Waals surface area contributed by atoms with Crippen molar-refractivity contribution >= 4 is 17.0 Å². The lowest BCUT2D eigenvalue weighted by Crippen LogP contribution is -2.30. The highest BCUT2D eigenvalue weighted by atomic mass is 16.3. The molecule has 8 nitrogen and oxygen atoms in total. The van der Waals surface area contributed by atoms with Gasteiger partial charge in [-0.15, -0.1) is 0 Å². The van der Waals surface area contributed by atoms with E-state index in [9.17, 15) is 15.3 Å². The average molecular weight is 265 g/mol. The van der Waals surface area contributed by atoms with E-state index in [0.717, 1.165) is 0 Å². The van der Waals surface area contributed by atoms with Crippen LogP contribution in [0, 0.1) is 5.92 Å². The van der Waals surface area contributed by atoms with Crippen LogP contribution in [-0.2, 0) is 0 Å². The number of aliphatic hydroxyl groups is 3. The van der Waals surface area contributed by atoms with Crippen LogP contribution >= 0.6 is 0 Å². The molecule has 5 N–H and O–H groups in total. The number of fused-ring (bicyclic) bond motifs is 1. The highest BCUT2D eigenvalue weighted by Crippen LogP contribution is 2.36. The number of nitrogens with two attached hydrogens (primary N) is 1. The van der Waals surface area contributed by atoms with E-state index in [1.54, 1.807) is 4.57 Å². The van der Waals surface area contributed by atoms with Gasteiger partial charge in [0.05, 0.1) is 18.5 Å². The lowest BCUT2D eigenvalue weighted by molar-refractivity contribution is -0.00370. The molecule has 0 radical (unpaired) electrons. The number of aromatic nitrogens is 4. The molecule has 2 aromatic rings. The van der Waals surface area contributed by atoms with Crippen molar-refractivity contribution in [1.29, 1.82) is 0 Å². The molecule has 8 heteroatoms. The molecule has 0 saturated heterocycles. The van der Waals surface area contributed by atoms with Crippen LogP contribution in [0.5, 0.6) is 0 Å². The second-order valence-electron chi connectivity index (χ2n) is 4.81. The summed E-state index contributed by atoms with van der Waals surface area (Å²) in [6, 6.07) is -0.383. The molecular formula is C11H15N5O3. The minimum Gasteiger partial charge on any atom is -0.396 e. The predicted octanol–water partition coefficient (Wildman–Crippen LogP) is -1.32. The van der Waals surface area contributed by atoms with Gasteiger partial charge in [0, 0.05) is 12.5 Å². The van der Waals surface area contributed by atoms with E-state index >= 15 is 0 Å². The Morgan fingerprint density at radius 3 is 2.74 bits per heavy atom. The summed E-state index contributed by atoms with van der Waals surface area (Å²) >= 11 is 0. The molecule has 4 atom stereocenters. The summed E-state index contributed by atoms with van der Waals surface area (Å²) in [5.41, 5.74) is 6.69. The van der Waals surface area contributed by atoms with Crippen LogP contribution in [0.4, 0.5) is 5.82 Å². The summed E-state index contributed by atoms with van der Waals surface area (Å²) < 4.78 is 1.68. The number of imidazole rings is 1. The molecular weight excluding hydrogens is 250 g/mol. The van der Waals surface area contributed by atoms with Crippen molar-refractivity contribution < 1.29 is 15.3 Å². The van der Waals surface area contributed by atoms with Gasteiger partial charge in [-0.3, -0.25) is 0 Å². The van der Waals surface area contributed by atoms with E-state index in [1.165, 1.54) is 12.7 Å². The lowest BCUT2D eigenvalue weighted by atomic mass is 10.1. The molecule has 2 heterocycles. The summed E-state index contributed by atoms with van der Waals surface area (Å²) in [6.45, 7) is -0.168. The molecule has 0 bridgehead atoms. The molecule has 1 aliphatic rings. The zero-order valence-corrected chi connectivity index (χ0v) is 10.1. The standard InChI is InChI=1S/C11H15N5O3/c12-10-7-11(14-3-13-10)16(4-15-7)6-1-5(2-17)8(18)9(6)19/h3-6,8-9,17-19H,1-2H2,(H2,12,13,14)/t5-,6+,8-,9-/m1/s1. The predicted molar refractivity (Wildman–Crippen MR) is 66.0 cm³/mol. The Morgan fingerprint density at radius 1 is 1.26 bits per heavy atom. The third-order valence-electron chi connectivity index (χ3n) is 3.75. The average Bonchev–Trinajstić information content (AvgIpc) is 2.94. The maximum absolute atomic E-state index is 10.1. The molecule has 0 unspecified atom stereocenters. The van der Waals surface area contributed by atoms with Crippen molar-refractivity contribution in [3.05, 3.63) is 12.7 Å². The molecule has 0 aromatic carbocycles. The van der Waals surface area contributed by atoms with Gasteiger partial charge in [-0.2, -0.15) is 0 Å². The third kappa shape index (κ3) is 1.76. The first-order valence-corrected chi connectivity index (χ1v) is 6.03. The summed E-state index contributed by atoms with van der Waals surface area (Å²) in [7, 11) is 0. The van der Waals surface area contributed by atoms with Crippen LogP contribution in [0.3, 0.4) is 0 Å². The Hall–Kier alpha value is -1.77. The minimum atomic E-state index is -0.967. The van der Waals surface area contributed by atoms with Crippen LogP contribution in [-0.4, -0.2) is 53.7 Å². The van der Waals surface area contributed by atoms with Crippen LogP contribution in [0.15, 0.2) is 12.7 Å². The van der Waals surface area contributed by atoms with Crippen molar-refractivity contribution in [2.45, 2.75) is 24.7 Å². The first-order chi connectivity index (χ1) is 9.13. The Bertz CT molecular complexity index is 601. The van der Waals surface area contributed by atoms with Gasteiger partial charge in [-0.1, -0.05) is 0 Å². The fourth-order valence-corrected chi connectivity index (χ4v) is 2.67. The summed E-state index contributed by atoms with van der Waals surface area (Å²) in [5.74, 6) is -0.0767. The maximum atomic E-state index is 10.1. The van der Waals surface area contributed by atoms with Gasteiger partial charge in [0.15, 0.2) is 11.5 Å². The quantitative estimate of drug-likeness (QED) is 0.530. The normalized spacial score (nSPS) is 31.1. The van der Waals surface area contributed by atoms with Crippen molar-refractivity contribution in [2.24, 2.45) is 5.92 Å². The zero-order chi connectivity index (χ0) is 13.6. The van der Waals surface area contributed by atoms with Crippen molar-refractivity contribution in [2.75, 3.05) is 12.3 Å². The number of aliphatic hydroxyl groups excluding tert-OH is 3. The molecule has 1 saturated carbocycles. The molecule has 0 amide bonds. The van der Waals surface area contributed by atoms with Gasteiger partial charge in [-0.05, 0) is 6.42 Å². The van der Waals surface area contributed by atoms with Gasteiger partial charge in [0.1, 0.15) is 17.9 Å². The van der Waals surface area contributed by atoms with Crippen LogP contribution < -0.4 is 5.73 Å². The molecule has 1 aliphatic carbocycles. The molecule has 102 valence electrons. The summed E-state index contributed by atoms with van der Waals surface area (Å²) in [5, 5.41) is 29.1. The Morgan fingerprint density at radius 2 is 2.05 bits per heavy atom. The van der Waals surface area contributed by atoms with Crippen molar-refractivity contribution in [1.82, 2.24) is 19.5 Å². The largest absolute Gasteiger partial charge is 0.396 e. The number of nitrogen functional groups attached to an aromatic ring is 1. The number of nitrogens with zero attached hydrogens (tertiary/aromatic N) is 4. The van der Waals surface area contributed by atoms with E-state index in [2.05, 4.69) is 15.0 Å². The Kier molecular flexibility index (Phi) is 2.85. The number of rotatable bonds is 2. The van der Waals surface area contributed by atoms with Crippen LogP contribution in [0.25, 0.3) is 11.2 Å². The SMILES string of the molecule is Nc1ncnc2c1ncn2[C@H]1C[C@H](CO)[C@@H](O)[C@@H]1O. The first-order valence-electron chi connectivity index (χ1n) is 6.03. The van der Waals surface area contributed by atoms with Gasteiger partial charge >= 0.3 is 0 Å². The highest BCUT2D eigenvalue weighted by Gasteiger charge is 2.42. The second-order valence-corrected chi connectivity index (χ2v) is 4.81. The first kappa shape index (κ1) is 12.3. The van der Waals surface area contributed by atoms with Crippen LogP contribution in [0.1, 0.15) is 12.5 Å². The molecule has 19 heavy (non-hydrogen) atoms.